The molecule has 1 aromatic heterocycles. The van der Waals surface area contributed by atoms with Gasteiger partial charge in [0.1, 0.15) is 24.2 Å². The van der Waals surface area contributed by atoms with E-state index in [2.05, 4.69) is 65.0 Å². The highest BCUT2D eigenvalue weighted by Crippen LogP contribution is 2.45. The molecule has 8 rings (SSSR count). The molecule has 272 valence electrons. The van der Waals surface area contributed by atoms with Crippen LogP contribution in [0.4, 0.5) is 10.5 Å². The first-order valence-corrected chi connectivity index (χ1v) is 18.6. The van der Waals surface area contributed by atoms with Gasteiger partial charge in [0.25, 0.3) is 0 Å². The van der Waals surface area contributed by atoms with Gasteiger partial charge in [0.05, 0.1) is 37.3 Å². The molecule has 0 saturated carbocycles. The molecule has 0 unspecified atom stereocenters. The number of rotatable bonds is 9. The van der Waals surface area contributed by atoms with Crippen molar-refractivity contribution in [2.75, 3.05) is 27.4 Å². The van der Waals surface area contributed by atoms with Gasteiger partial charge in [-0.05, 0) is 95.3 Å². The molecule has 0 bridgehead atoms. The topological polar surface area (TPSA) is 130 Å². The average Bonchev–Trinajstić information content (AvgIpc) is 3.98. The molecule has 2 saturated heterocycles. The molecule has 0 spiro atoms. The van der Waals surface area contributed by atoms with E-state index in [-0.39, 0.29) is 23.9 Å². The molecular formula is C41H48N6O5. The lowest BCUT2D eigenvalue weighted by molar-refractivity contribution is -0.137. The van der Waals surface area contributed by atoms with E-state index in [0.29, 0.717) is 18.6 Å². The number of aromatic amines is 1. The summed E-state index contributed by atoms with van der Waals surface area (Å²) in [5.74, 6) is 2.01. The van der Waals surface area contributed by atoms with Crippen molar-refractivity contribution in [1.29, 1.82) is 0 Å². The zero-order valence-corrected chi connectivity index (χ0v) is 30.6. The molecule has 4 aliphatic heterocycles. The molecule has 4 aromatic rings. The first kappa shape index (κ1) is 34.4. The minimum atomic E-state index is -0.675. The van der Waals surface area contributed by atoms with Crippen LogP contribution in [0.3, 0.4) is 0 Å². The number of nitrogens with zero attached hydrogens (tertiary/aromatic N) is 3. The Morgan fingerprint density at radius 2 is 1.98 bits per heavy atom. The van der Waals surface area contributed by atoms with E-state index < -0.39 is 12.1 Å². The number of ether oxygens (including phenoxy) is 3. The number of hydrogen-bond donors (Lipinski definition) is 3. The normalized spacial score (nSPS) is 23.0. The maximum atomic E-state index is 14.0. The number of hydrogen-bond acceptors (Lipinski definition) is 8. The minimum Gasteiger partial charge on any atom is -0.488 e. The number of benzene rings is 3. The highest BCUT2D eigenvalue weighted by atomic mass is 16.5. The van der Waals surface area contributed by atoms with Crippen LogP contribution in [-0.2, 0) is 27.3 Å². The van der Waals surface area contributed by atoms with Crippen molar-refractivity contribution in [2.45, 2.75) is 83.6 Å². The Balaban J connectivity index is 1.02. The SMILES string of the molecule is CC[C@H](C)[C@H](NC(=O)OC)C(=O)N1[C@@H](C)CC[C@H]1c1ncc(-c2ccc3c(c2)COc2cc4c5c(ccc4cc2-3)N=C([C@@H]2C[C@H](COC)CN2)C5)[nH]1. The third kappa shape index (κ3) is 6.13. The van der Waals surface area contributed by atoms with Crippen LogP contribution in [0.25, 0.3) is 33.2 Å². The molecule has 5 heterocycles. The van der Waals surface area contributed by atoms with Crippen LogP contribution in [0, 0.1) is 11.8 Å². The van der Waals surface area contributed by atoms with E-state index in [1.54, 1.807) is 7.11 Å². The van der Waals surface area contributed by atoms with Gasteiger partial charge in [-0.3, -0.25) is 9.79 Å². The highest BCUT2D eigenvalue weighted by molar-refractivity contribution is 6.05. The van der Waals surface area contributed by atoms with Crippen molar-refractivity contribution in [3.05, 3.63) is 65.6 Å². The third-order valence-corrected chi connectivity index (χ3v) is 11.7. The number of alkyl carbamates (subject to hydrolysis) is 1. The van der Waals surface area contributed by atoms with Gasteiger partial charge < -0.3 is 34.7 Å². The number of amides is 2. The summed E-state index contributed by atoms with van der Waals surface area (Å²) in [4.78, 5) is 41.4. The van der Waals surface area contributed by atoms with Crippen LogP contribution >= 0.6 is 0 Å². The summed E-state index contributed by atoms with van der Waals surface area (Å²) in [6, 6.07) is 14.7. The third-order valence-electron chi connectivity index (χ3n) is 11.7. The predicted octanol–water partition coefficient (Wildman–Crippen LogP) is 6.87. The van der Waals surface area contributed by atoms with Crippen LogP contribution in [-0.4, -0.2) is 78.1 Å². The number of imidazole rings is 1. The first-order chi connectivity index (χ1) is 25.3. The maximum absolute atomic E-state index is 14.0. The van der Waals surface area contributed by atoms with Gasteiger partial charge in [0.15, 0.2) is 0 Å². The number of carbonyl (C=O) groups is 2. The second-order valence-corrected chi connectivity index (χ2v) is 15.0. The number of methoxy groups -OCH3 is 2. The Kier molecular flexibility index (Phi) is 9.25. The number of aliphatic imine (C=N–C) groups is 1. The summed E-state index contributed by atoms with van der Waals surface area (Å²) in [7, 11) is 3.09. The number of carbonyl (C=O) groups excluding carboxylic acids is 2. The van der Waals surface area contributed by atoms with Crippen LogP contribution in [0.5, 0.6) is 5.75 Å². The molecule has 3 N–H and O–H groups in total. The highest BCUT2D eigenvalue weighted by Gasteiger charge is 2.41. The van der Waals surface area contributed by atoms with Crippen molar-refractivity contribution in [3.8, 4) is 28.1 Å². The van der Waals surface area contributed by atoms with Crippen molar-refractivity contribution < 1.29 is 23.8 Å². The molecular weight excluding hydrogens is 656 g/mol. The minimum absolute atomic E-state index is 0.0166. The molecule has 2 amide bonds. The fourth-order valence-corrected chi connectivity index (χ4v) is 8.63. The fraction of sp³-hybridized carbons (Fsp3) is 0.463. The summed E-state index contributed by atoms with van der Waals surface area (Å²) in [6.45, 7) is 8.27. The molecule has 0 aliphatic carbocycles. The van der Waals surface area contributed by atoms with Crippen molar-refractivity contribution >= 4 is 34.2 Å². The zero-order chi connectivity index (χ0) is 36.1. The van der Waals surface area contributed by atoms with Crippen LogP contribution in [0.2, 0.25) is 0 Å². The molecule has 3 aromatic carbocycles. The summed E-state index contributed by atoms with van der Waals surface area (Å²) in [6.07, 6.45) is 5.54. The molecule has 4 aliphatic rings. The average molecular weight is 705 g/mol. The lowest BCUT2D eigenvalue weighted by Gasteiger charge is -2.33. The van der Waals surface area contributed by atoms with Gasteiger partial charge in [-0.15, -0.1) is 0 Å². The maximum Gasteiger partial charge on any atom is 0.407 e. The molecule has 0 radical (unpaired) electrons. The lowest BCUT2D eigenvalue weighted by Crippen LogP contribution is -2.53. The second kappa shape index (κ2) is 14.0. The smallest absolute Gasteiger partial charge is 0.407 e. The predicted molar refractivity (Wildman–Crippen MR) is 201 cm³/mol. The number of nitrogens with one attached hydrogen (secondary N) is 3. The number of H-pyrrole nitrogens is 1. The van der Waals surface area contributed by atoms with E-state index in [1.165, 1.54) is 34.7 Å². The van der Waals surface area contributed by atoms with Gasteiger partial charge in [0.2, 0.25) is 5.91 Å². The van der Waals surface area contributed by atoms with Gasteiger partial charge >= 0.3 is 6.09 Å². The Bertz CT molecular complexity index is 2060. The Labute approximate surface area is 304 Å². The van der Waals surface area contributed by atoms with Crippen LogP contribution in [0.1, 0.15) is 69.4 Å². The summed E-state index contributed by atoms with van der Waals surface area (Å²) in [5, 5.41) is 8.84. The van der Waals surface area contributed by atoms with Gasteiger partial charge in [0, 0.05) is 43.4 Å². The van der Waals surface area contributed by atoms with E-state index in [9.17, 15) is 9.59 Å². The number of likely N-dealkylation sites (tertiary alicyclic amines) is 1. The fourth-order valence-electron chi connectivity index (χ4n) is 8.63. The van der Waals surface area contributed by atoms with Gasteiger partial charge in [-0.25, -0.2) is 9.78 Å². The molecule has 11 heteroatoms. The van der Waals surface area contributed by atoms with Crippen LogP contribution in [0.15, 0.2) is 53.7 Å². The van der Waals surface area contributed by atoms with Gasteiger partial charge in [-0.2, -0.15) is 0 Å². The summed E-state index contributed by atoms with van der Waals surface area (Å²) < 4.78 is 16.7. The number of aromatic nitrogens is 2. The van der Waals surface area contributed by atoms with Crippen molar-refractivity contribution in [1.82, 2.24) is 25.5 Å². The van der Waals surface area contributed by atoms with E-state index in [4.69, 9.17) is 24.2 Å². The molecule has 52 heavy (non-hydrogen) atoms. The first-order valence-electron chi connectivity index (χ1n) is 18.6. The lowest BCUT2D eigenvalue weighted by atomic mass is 9.90. The molecule has 2 fully saturated rings. The van der Waals surface area contributed by atoms with Crippen molar-refractivity contribution in [2.24, 2.45) is 16.8 Å². The summed E-state index contributed by atoms with van der Waals surface area (Å²) >= 11 is 0. The standard InChI is InChI=1S/C41H48N6O5/c1-6-22(2)38(46-41(49)51-5)40(48)47-23(3)7-12-36(47)39-43-19-35(45-39)26-8-10-28-27(14-26)21-52-37-17-29-25(15-31(28)37)9-11-32-30(29)16-34(44-32)33-13-24(18-42-33)20-50-4/h8-11,14-15,17,19,22-24,33,36,38,42H,6-7,12-13,16,18,20-21H2,1-5H3,(H,43,45)(H,46,49)/t22-,23-,24-,33-,36-,38-/m0/s1. The van der Waals surface area contributed by atoms with Crippen LogP contribution < -0.4 is 15.4 Å². The Morgan fingerprint density at radius 1 is 1.12 bits per heavy atom. The van der Waals surface area contributed by atoms with E-state index in [1.807, 2.05) is 24.9 Å². The Hall–Kier alpha value is -4.74. The van der Waals surface area contributed by atoms with Gasteiger partial charge in [-0.1, -0.05) is 38.5 Å². The largest absolute Gasteiger partial charge is 0.488 e. The quantitative estimate of drug-likeness (QED) is 0.174. The Morgan fingerprint density at radius 3 is 2.79 bits per heavy atom. The molecule has 6 atom stereocenters. The molecule has 11 nitrogen and oxygen atoms in total. The summed E-state index contributed by atoms with van der Waals surface area (Å²) in [5.41, 5.74) is 8.82. The van der Waals surface area contributed by atoms with E-state index in [0.717, 1.165) is 84.9 Å². The van der Waals surface area contributed by atoms with E-state index >= 15 is 0 Å². The monoisotopic (exact) mass is 704 g/mol. The second-order valence-electron chi connectivity index (χ2n) is 15.0. The van der Waals surface area contributed by atoms with Crippen molar-refractivity contribution in [3.63, 3.8) is 0 Å². The number of fused-ring (bicyclic) bond motifs is 6. The zero-order valence-electron chi connectivity index (χ0n) is 30.6.